The fraction of sp³-hybridized carbons (Fsp3) is 0.364. The van der Waals surface area contributed by atoms with E-state index in [1.165, 1.54) is 6.07 Å². The van der Waals surface area contributed by atoms with E-state index in [2.05, 4.69) is 12.6 Å². The Morgan fingerprint density at radius 3 is 2.69 bits per heavy atom. The van der Waals surface area contributed by atoms with Gasteiger partial charge in [-0.1, -0.05) is 6.07 Å². The summed E-state index contributed by atoms with van der Waals surface area (Å²) in [5.74, 6) is -0.141. The van der Waals surface area contributed by atoms with Gasteiger partial charge in [0.25, 0.3) is 0 Å². The van der Waals surface area contributed by atoms with E-state index in [0.29, 0.717) is 18.5 Å². The summed E-state index contributed by atoms with van der Waals surface area (Å²) in [6.45, 7) is 0. The van der Waals surface area contributed by atoms with Gasteiger partial charge in [-0.3, -0.25) is 4.79 Å². The lowest BCUT2D eigenvalue weighted by atomic mass is 9.98. The molecular formula is C11H13FO3S. The third-order valence-corrected chi connectivity index (χ3v) is 2.54. The molecule has 0 spiro atoms. The van der Waals surface area contributed by atoms with Gasteiger partial charge in [0.2, 0.25) is 0 Å². The smallest absolute Gasteiger partial charge is 0.150 e. The first-order valence-corrected chi connectivity index (χ1v) is 5.45. The first-order chi connectivity index (χ1) is 7.60. The molecule has 0 heterocycles. The predicted octanol–water partition coefficient (Wildman–Crippen LogP) is 1.35. The summed E-state index contributed by atoms with van der Waals surface area (Å²) >= 11 is 3.93. The number of rotatable bonds is 5. The molecular weight excluding hydrogens is 231 g/mol. The van der Waals surface area contributed by atoms with Crippen LogP contribution in [0.25, 0.3) is 0 Å². The van der Waals surface area contributed by atoms with E-state index in [1.807, 2.05) is 0 Å². The first kappa shape index (κ1) is 13.2. The zero-order chi connectivity index (χ0) is 12.1. The number of hydrogen-bond donors (Lipinski definition) is 3. The minimum absolute atomic E-state index is 0.0470. The standard InChI is InChI=1S/C11H13FO3S/c12-8-1-2-9(7(5-8)6-13)11(15)10(14)3-4-16/h1-2,5-6,10-11,14-16H,3-4H2. The molecule has 1 aromatic rings. The second-order valence-corrected chi connectivity index (χ2v) is 3.86. The number of halogens is 1. The maximum atomic E-state index is 12.8. The Balaban J connectivity index is 2.98. The van der Waals surface area contributed by atoms with Gasteiger partial charge < -0.3 is 10.2 Å². The van der Waals surface area contributed by atoms with Crippen LogP contribution < -0.4 is 0 Å². The number of aliphatic hydroxyl groups is 2. The van der Waals surface area contributed by atoms with E-state index in [-0.39, 0.29) is 11.1 Å². The molecule has 0 saturated carbocycles. The van der Waals surface area contributed by atoms with E-state index < -0.39 is 18.0 Å². The normalized spacial score (nSPS) is 14.5. The van der Waals surface area contributed by atoms with Gasteiger partial charge in [0.15, 0.2) is 6.29 Å². The Bertz CT molecular complexity index is 370. The molecule has 2 atom stereocenters. The quantitative estimate of drug-likeness (QED) is 0.541. The number of benzene rings is 1. The van der Waals surface area contributed by atoms with Crippen molar-refractivity contribution in [1.29, 1.82) is 0 Å². The summed E-state index contributed by atoms with van der Waals surface area (Å²) < 4.78 is 12.8. The van der Waals surface area contributed by atoms with Crippen LogP contribution in [-0.2, 0) is 0 Å². The zero-order valence-corrected chi connectivity index (χ0v) is 9.40. The van der Waals surface area contributed by atoms with Crippen LogP contribution >= 0.6 is 12.6 Å². The van der Waals surface area contributed by atoms with Gasteiger partial charge in [-0.25, -0.2) is 4.39 Å². The van der Waals surface area contributed by atoms with Crippen molar-refractivity contribution in [2.45, 2.75) is 18.6 Å². The van der Waals surface area contributed by atoms with Gasteiger partial charge in [-0.2, -0.15) is 12.6 Å². The van der Waals surface area contributed by atoms with Crippen LogP contribution in [0.3, 0.4) is 0 Å². The topological polar surface area (TPSA) is 57.5 Å². The molecule has 0 radical (unpaired) electrons. The molecule has 2 N–H and O–H groups in total. The summed E-state index contributed by atoms with van der Waals surface area (Å²) in [5, 5.41) is 19.3. The van der Waals surface area contributed by atoms with E-state index >= 15 is 0 Å². The van der Waals surface area contributed by atoms with Gasteiger partial charge in [-0.15, -0.1) is 0 Å². The number of carbonyl (C=O) groups is 1. The van der Waals surface area contributed by atoms with Crippen LogP contribution in [0.1, 0.15) is 28.4 Å². The summed E-state index contributed by atoms with van der Waals surface area (Å²) in [4.78, 5) is 10.7. The fourth-order valence-electron chi connectivity index (χ4n) is 1.41. The number of aldehydes is 1. The average molecular weight is 244 g/mol. The number of carbonyl (C=O) groups excluding carboxylic acids is 1. The number of aliphatic hydroxyl groups excluding tert-OH is 2. The van der Waals surface area contributed by atoms with Crippen molar-refractivity contribution in [2.75, 3.05) is 5.75 Å². The summed E-state index contributed by atoms with van der Waals surface area (Å²) in [6.07, 6.45) is -1.47. The molecule has 2 unspecified atom stereocenters. The highest BCUT2D eigenvalue weighted by Gasteiger charge is 2.20. The van der Waals surface area contributed by atoms with Crippen molar-refractivity contribution in [3.05, 3.63) is 35.1 Å². The average Bonchev–Trinajstić information content (AvgIpc) is 2.28. The van der Waals surface area contributed by atoms with Crippen molar-refractivity contribution in [2.24, 2.45) is 0 Å². The van der Waals surface area contributed by atoms with Crippen LogP contribution in [0.15, 0.2) is 18.2 Å². The highest BCUT2D eigenvalue weighted by atomic mass is 32.1. The number of hydrogen-bond acceptors (Lipinski definition) is 4. The maximum Gasteiger partial charge on any atom is 0.150 e. The lowest BCUT2D eigenvalue weighted by molar-refractivity contribution is 0.0168. The highest BCUT2D eigenvalue weighted by molar-refractivity contribution is 7.80. The monoisotopic (exact) mass is 244 g/mol. The van der Waals surface area contributed by atoms with Gasteiger partial charge in [0, 0.05) is 5.56 Å². The molecule has 0 aliphatic carbocycles. The van der Waals surface area contributed by atoms with E-state index in [4.69, 9.17) is 0 Å². The third-order valence-electron chi connectivity index (χ3n) is 2.28. The molecule has 1 rings (SSSR count). The Kier molecular flexibility index (Phi) is 4.92. The molecule has 88 valence electrons. The minimum Gasteiger partial charge on any atom is -0.390 e. The molecule has 0 fully saturated rings. The van der Waals surface area contributed by atoms with E-state index in [1.54, 1.807) is 0 Å². The van der Waals surface area contributed by atoms with Crippen LogP contribution in [0.2, 0.25) is 0 Å². The molecule has 0 aromatic heterocycles. The van der Waals surface area contributed by atoms with Crippen LogP contribution in [0.4, 0.5) is 4.39 Å². The Hall–Kier alpha value is -0.910. The minimum atomic E-state index is -1.20. The molecule has 0 bridgehead atoms. The van der Waals surface area contributed by atoms with Gasteiger partial charge >= 0.3 is 0 Å². The van der Waals surface area contributed by atoms with Gasteiger partial charge in [0.1, 0.15) is 11.9 Å². The van der Waals surface area contributed by atoms with Gasteiger partial charge in [0.05, 0.1) is 6.10 Å². The molecule has 0 aliphatic heterocycles. The van der Waals surface area contributed by atoms with E-state index in [9.17, 15) is 19.4 Å². The highest BCUT2D eigenvalue weighted by Crippen LogP contribution is 2.22. The molecule has 0 aliphatic rings. The predicted molar refractivity (Wildman–Crippen MR) is 61.2 cm³/mol. The lowest BCUT2D eigenvalue weighted by Crippen LogP contribution is -2.20. The van der Waals surface area contributed by atoms with Crippen LogP contribution in [-0.4, -0.2) is 28.4 Å². The van der Waals surface area contributed by atoms with Crippen molar-refractivity contribution >= 4 is 18.9 Å². The lowest BCUT2D eigenvalue weighted by Gasteiger charge is -2.18. The molecule has 5 heteroatoms. The van der Waals surface area contributed by atoms with E-state index in [0.717, 1.165) is 12.1 Å². The third kappa shape index (κ3) is 3.04. The van der Waals surface area contributed by atoms with Crippen molar-refractivity contribution < 1.29 is 19.4 Å². The van der Waals surface area contributed by atoms with Gasteiger partial charge in [-0.05, 0) is 29.9 Å². The van der Waals surface area contributed by atoms with Crippen molar-refractivity contribution in [3.63, 3.8) is 0 Å². The Morgan fingerprint density at radius 1 is 1.44 bits per heavy atom. The van der Waals surface area contributed by atoms with Crippen LogP contribution in [0.5, 0.6) is 0 Å². The zero-order valence-electron chi connectivity index (χ0n) is 8.51. The molecule has 0 amide bonds. The summed E-state index contributed by atoms with van der Waals surface area (Å²) in [6, 6.07) is 3.46. The summed E-state index contributed by atoms with van der Waals surface area (Å²) in [5.41, 5.74) is 0.274. The molecule has 1 aromatic carbocycles. The second kappa shape index (κ2) is 5.98. The Morgan fingerprint density at radius 2 is 2.12 bits per heavy atom. The molecule has 0 saturated heterocycles. The Labute approximate surface area is 98.3 Å². The largest absolute Gasteiger partial charge is 0.390 e. The summed E-state index contributed by atoms with van der Waals surface area (Å²) in [7, 11) is 0. The first-order valence-electron chi connectivity index (χ1n) is 4.81. The second-order valence-electron chi connectivity index (χ2n) is 3.42. The maximum absolute atomic E-state index is 12.8. The SMILES string of the molecule is O=Cc1cc(F)ccc1C(O)C(O)CCS. The van der Waals surface area contributed by atoms with Crippen molar-refractivity contribution in [1.82, 2.24) is 0 Å². The fourth-order valence-corrected chi connectivity index (χ4v) is 1.68. The molecule has 3 nitrogen and oxygen atoms in total. The number of thiol groups is 1. The van der Waals surface area contributed by atoms with Crippen molar-refractivity contribution in [3.8, 4) is 0 Å². The molecule has 16 heavy (non-hydrogen) atoms. The van der Waals surface area contributed by atoms with Crippen LogP contribution in [0, 0.1) is 5.82 Å².